The molecule has 0 radical (unpaired) electrons. The molecule has 1 spiro atoms. The highest BCUT2D eigenvalue weighted by Gasteiger charge is 2.74. The fourth-order valence-electron chi connectivity index (χ4n) is 4.89. The molecule has 1 N–H and O–H groups in total. The van der Waals surface area contributed by atoms with Crippen LogP contribution in [0.4, 0.5) is 0 Å². The van der Waals surface area contributed by atoms with Crippen molar-refractivity contribution in [1.29, 1.82) is 0 Å². The van der Waals surface area contributed by atoms with Crippen molar-refractivity contribution in [3.8, 4) is 0 Å². The zero-order chi connectivity index (χ0) is 14.3. The van der Waals surface area contributed by atoms with Crippen molar-refractivity contribution in [3.05, 3.63) is 0 Å². The molecule has 0 aromatic rings. The average molecular weight is 284 g/mol. The Balaban J connectivity index is 1.71. The summed E-state index contributed by atoms with van der Waals surface area (Å²) < 4.78 is 23.8. The molecular weight excluding hydrogens is 260 g/mol. The highest BCUT2D eigenvalue weighted by Crippen LogP contribution is 2.66. The van der Waals surface area contributed by atoms with Crippen molar-refractivity contribution in [3.63, 3.8) is 0 Å². The molecule has 0 aromatic heterocycles. The molecule has 6 atom stereocenters. The van der Waals surface area contributed by atoms with Gasteiger partial charge in [-0.15, -0.1) is 0 Å². The van der Waals surface area contributed by atoms with E-state index >= 15 is 0 Å². The molecule has 1 aliphatic carbocycles. The molecule has 3 aliphatic heterocycles. The van der Waals surface area contributed by atoms with Gasteiger partial charge in [-0.3, -0.25) is 0 Å². The summed E-state index contributed by atoms with van der Waals surface area (Å²) in [7, 11) is 0. The summed E-state index contributed by atoms with van der Waals surface area (Å²) in [4.78, 5) is 0. The van der Waals surface area contributed by atoms with Crippen LogP contribution in [-0.2, 0) is 18.9 Å². The quantitative estimate of drug-likeness (QED) is 0.786. The molecule has 4 rings (SSSR count). The summed E-state index contributed by atoms with van der Waals surface area (Å²) in [6.45, 7) is 9.04. The van der Waals surface area contributed by atoms with E-state index in [1.807, 2.05) is 27.7 Å². The van der Waals surface area contributed by atoms with Crippen LogP contribution in [0.2, 0.25) is 0 Å². The van der Waals surface area contributed by atoms with Crippen LogP contribution in [0, 0.1) is 17.3 Å². The number of rotatable bonds is 1. The predicted octanol–water partition coefficient (Wildman–Crippen LogP) is 1.29. The Morgan fingerprint density at radius 3 is 2.55 bits per heavy atom. The van der Waals surface area contributed by atoms with E-state index in [1.54, 1.807) is 0 Å². The number of fused-ring (bicyclic) bond motifs is 4. The summed E-state index contributed by atoms with van der Waals surface area (Å²) in [5, 5.41) is 10.5. The van der Waals surface area contributed by atoms with E-state index in [0.717, 1.165) is 19.6 Å². The van der Waals surface area contributed by atoms with E-state index in [-0.39, 0.29) is 23.9 Å². The van der Waals surface area contributed by atoms with Gasteiger partial charge in [-0.25, -0.2) is 0 Å². The van der Waals surface area contributed by atoms with Crippen LogP contribution in [0.15, 0.2) is 0 Å². The van der Waals surface area contributed by atoms with E-state index in [9.17, 15) is 5.11 Å². The van der Waals surface area contributed by atoms with Gasteiger partial charge in [-0.05, 0) is 46.0 Å². The van der Waals surface area contributed by atoms with Crippen LogP contribution in [0.3, 0.4) is 0 Å². The van der Waals surface area contributed by atoms with Crippen LogP contribution in [-0.4, -0.2) is 48.2 Å². The highest BCUT2D eigenvalue weighted by atomic mass is 16.8. The van der Waals surface area contributed by atoms with E-state index in [4.69, 9.17) is 18.9 Å². The molecule has 5 nitrogen and oxygen atoms in total. The van der Waals surface area contributed by atoms with Gasteiger partial charge in [-0.1, -0.05) is 0 Å². The second-order valence-electron chi connectivity index (χ2n) is 7.81. The predicted molar refractivity (Wildman–Crippen MR) is 69.8 cm³/mol. The van der Waals surface area contributed by atoms with Crippen LogP contribution in [0.25, 0.3) is 0 Å². The topological polar surface area (TPSA) is 57.2 Å². The van der Waals surface area contributed by atoms with Gasteiger partial charge < -0.3 is 24.1 Å². The molecule has 4 fully saturated rings. The van der Waals surface area contributed by atoms with Gasteiger partial charge in [0.25, 0.3) is 0 Å². The van der Waals surface area contributed by atoms with Gasteiger partial charge in [0.2, 0.25) is 0 Å². The second kappa shape index (κ2) is 3.76. The molecule has 3 heterocycles. The first-order chi connectivity index (χ1) is 9.24. The van der Waals surface area contributed by atoms with Crippen molar-refractivity contribution >= 4 is 0 Å². The summed E-state index contributed by atoms with van der Waals surface area (Å²) >= 11 is 0. The molecule has 1 saturated carbocycles. The zero-order valence-corrected chi connectivity index (χ0v) is 12.6. The minimum Gasteiger partial charge on any atom is -0.388 e. The molecule has 0 aromatic carbocycles. The van der Waals surface area contributed by atoms with Gasteiger partial charge in [-0.2, -0.15) is 0 Å². The summed E-state index contributed by atoms with van der Waals surface area (Å²) in [5.74, 6) is 0.373. The fraction of sp³-hybridized carbons (Fsp3) is 1.00. The Labute approximate surface area is 119 Å². The van der Waals surface area contributed by atoms with Gasteiger partial charge in [0.15, 0.2) is 12.1 Å². The molecule has 20 heavy (non-hydrogen) atoms. The van der Waals surface area contributed by atoms with Crippen LogP contribution in [0.1, 0.15) is 34.1 Å². The van der Waals surface area contributed by atoms with Crippen molar-refractivity contribution in [2.75, 3.05) is 13.2 Å². The number of hydrogen-bond acceptors (Lipinski definition) is 5. The lowest BCUT2D eigenvalue weighted by atomic mass is 9.49. The van der Waals surface area contributed by atoms with Crippen LogP contribution in [0.5, 0.6) is 0 Å². The molecule has 114 valence electrons. The third-order valence-corrected chi connectivity index (χ3v) is 5.49. The third-order valence-electron chi connectivity index (χ3n) is 5.49. The van der Waals surface area contributed by atoms with Crippen LogP contribution < -0.4 is 0 Å². The van der Waals surface area contributed by atoms with Gasteiger partial charge in [0.05, 0.1) is 18.3 Å². The average Bonchev–Trinajstić information content (AvgIpc) is 2.86. The fourth-order valence-corrected chi connectivity index (χ4v) is 4.89. The highest BCUT2D eigenvalue weighted by molar-refractivity contribution is 5.19. The Kier molecular flexibility index (Phi) is 2.53. The molecule has 0 bridgehead atoms. The van der Waals surface area contributed by atoms with Gasteiger partial charge in [0, 0.05) is 12.0 Å². The van der Waals surface area contributed by atoms with E-state index < -0.39 is 11.4 Å². The van der Waals surface area contributed by atoms with Crippen molar-refractivity contribution in [2.24, 2.45) is 17.3 Å². The minimum atomic E-state index is -0.908. The minimum absolute atomic E-state index is 0.100. The Morgan fingerprint density at radius 2 is 1.90 bits per heavy atom. The molecular formula is C15H24O5. The largest absolute Gasteiger partial charge is 0.388 e. The zero-order valence-electron chi connectivity index (χ0n) is 12.6. The molecule has 4 aliphatic rings. The number of ether oxygens (including phenoxy) is 4. The third kappa shape index (κ3) is 1.56. The molecule has 0 amide bonds. The number of hydrogen-bond donors (Lipinski definition) is 1. The normalized spacial score (nSPS) is 53.0. The Morgan fingerprint density at radius 1 is 1.15 bits per heavy atom. The SMILES string of the molecule is CC1(C)O[C@H]2O[C@H](C(C)(C)O)[C@]3(C[C@@H]4COC[C@@H]43)[C@H]2O1. The van der Waals surface area contributed by atoms with E-state index in [1.165, 1.54) is 0 Å². The first-order valence-corrected chi connectivity index (χ1v) is 7.55. The summed E-state index contributed by atoms with van der Waals surface area (Å²) in [6.07, 6.45) is 0.260. The first kappa shape index (κ1) is 13.5. The maximum absolute atomic E-state index is 10.5. The lowest BCUT2D eigenvalue weighted by Crippen LogP contribution is -2.63. The lowest BCUT2D eigenvalue weighted by Gasteiger charge is -2.56. The number of aliphatic hydroxyl groups is 1. The maximum Gasteiger partial charge on any atom is 0.188 e. The Bertz CT molecular complexity index is 428. The summed E-state index contributed by atoms with van der Waals surface area (Å²) in [5.41, 5.74) is -1.08. The second-order valence-corrected chi connectivity index (χ2v) is 7.81. The van der Waals surface area contributed by atoms with E-state index in [0.29, 0.717) is 11.8 Å². The summed E-state index contributed by atoms with van der Waals surface area (Å²) in [6, 6.07) is 0. The lowest BCUT2D eigenvalue weighted by molar-refractivity contribution is -0.263. The van der Waals surface area contributed by atoms with Gasteiger partial charge in [0.1, 0.15) is 6.10 Å². The van der Waals surface area contributed by atoms with E-state index in [2.05, 4.69) is 0 Å². The standard InChI is InChI=1S/C15H24O5/c1-13(2,16)12-15(5-8-6-17-7-9(8)15)10-11(18-12)20-14(3,4)19-10/h8-12,16H,5-7H2,1-4H3/t8-,9+,10+,11-,12-,15+/m1/s1. The van der Waals surface area contributed by atoms with Crippen molar-refractivity contribution in [2.45, 2.75) is 64.0 Å². The molecule has 3 saturated heterocycles. The van der Waals surface area contributed by atoms with Crippen molar-refractivity contribution in [1.82, 2.24) is 0 Å². The van der Waals surface area contributed by atoms with Crippen LogP contribution >= 0.6 is 0 Å². The Hall–Kier alpha value is -0.200. The van der Waals surface area contributed by atoms with Gasteiger partial charge >= 0.3 is 0 Å². The first-order valence-electron chi connectivity index (χ1n) is 7.55. The van der Waals surface area contributed by atoms with Crippen molar-refractivity contribution < 1.29 is 24.1 Å². The maximum atomic E-state index is 10.5. The smallest absolute Gasteiger partial charge is 0.188 e. The molecule has 5 heteroatoms. The monoisotopic (exact) mass is 284 g/mol. The molecule has 0 unspecified atom stereocenters.